The zero-order chi connectivity index (χ0) is 10.6. The van der Waals surface area contributed by atoms with Crippen LogP contribution in [0.3, 0.4) is 0 Å². The van der Waals surface area contributed by atoms with Crippen molar-refractivity contribution in [3.05, 3.63) is 28.3 Å². The molecule has 0 aliphatic rings. The Kier molecular flexibility index (Phi) is 3.82. The van der Waals surface area contributed by atoms with Crippen LogP contribution in [-0.4, -0.2) is 11.7 Å². The molecule has 0 saturated carbocycles. The highest BCUT2D eigenvalue weighted by Gasteiger charge is 2.00. The molecule has 3 N–H and O–H groups in total. The first-order valence-corrected chi connectivity index (χ1v) is 4.68. The van der Waals surface area contributed by atoms with Crippen LogP contribution in [0.1, 0.15) is 17.5 Å². The molecule has 0 unspecified atom stereocenters. The molecule has 2 nitrogen and oxygen atoms in total. The van der Waals surface area contributed by atoms with Gasteiger partial charge in [0.15, 0.2) is 0 Å². The van der Waals surface area contributed by atoms with E-state index in [9.17, 15) is 0 Å². The van der Waals surface area contributed by atoms with Gasteiger partial charge in [-0.25, -0.2) is 0 Å². The minimum Gasteiger partial charge on any atom is -0.398 e. The second-order valence-corrected chi connectivity index (χ2v) is 3.37. The number of nitrogens with two attached hydrogens (primary N) is 1. The predicted octanol–water partition coefficient (Wildman–Crippen LogP) is 1.96. The minimum atomic E-state index is 0.0680. The number of aliphatic hydroxyl groups excluding tert-OH is 1. The van der Waals surface area contributed by atoms with Gasteiger partial charge in [-0.1, -0.05) is 23.4 Å². The molecule has 0 bridgehead atoms. The Morgan fingerprint density at radius 1 is 1.50 bits per heavy atom. The van der Waals surface area contributed by atoms with Gasteiger partial charge in [0, 0.05) is 17.7 Å². The van der Waals surface area contributed by atoms with Gasteiger partial charge in [-0.05, 0) is 24.6 Å². The van der Waals surface area contributed by atoms with E-state index in [2.05, 4.69) is 11.8 Å². The Morgan fingerprint density at radius 3 is 2.86 bits per heavy atom. The highest BCUT2D eigenvalue weighted by Crippen LogP contribution is 2.21. The van der Waals surface area contributed by atoms with E-state index in [4.69, 9.17) is 22.4 Å². The van der Waals surface area contributed by atoms with Crippen molar-refractivity contribution in [1.29, 1.82) is 0 Å². The summed E-state index contributed by atoms with van der Waals surface area (Å²) in [5, 5.41) is 9.11. The molecule has 0 aliphatic heterocycles. The topological polar surface area (TPSA) is 46.2 Å². The molecule has 74 valence electrons. The Bertz CT molecular complexity index is 390. The summed E-state index contributed by atoms with van der Waals surface area (Å²) in [6.07, 6.45) is 0.458. The largest absolute Gasteiger partial charge is 0.398 e. The van der Waals surface area contributed by atoms with Gasteiger partial charge in [0.05, 0.1) is 11.6 Å². The van der Waals surface area contributed by atoms with E-state index >= 15 is 0 Å². The highest BCUT2D eigenvalue weighted by molar-refractivity contribution is 6.32. The van der Waals surface area contributed by atoms with Crippen LogP contribution in [0.2, 0.25) is 5.02 Å². The molecule has 0 heterocycles. The zero-order valence-electron chi connectivity index (χ0n) is 7.97. The first kappa shape index (κ1) is 10.9. The molecule has 0 amide bonds. The van der Waals surface area contributed by atoms with Crippen LogP contribution in [0.4, 0.5) is 5.69 Å². The van der Waals surface area contributed by atoms with Crippen LogP contribution >= 0.6 is 11.6 Å². The molecule has 1 aromatic rings. The lowest BCUT2D eigenvalue weighted by Crippen LogP contribution is -1.91. The van der Waals surface area contributed by atoms with Crippen LogP contribution in [0.5, 0.6) is 0 Å². The second kappa shape index (κ2) is 4.90. The van der Waals surface area contributed by atoms with Gasteiger partial charge in [-0.15, -0.1) is 0 Å². The van der Waals surface area contributed by atoms with E-state index in [0.717, 1.165) is 11.1 Å². The maximum Gasteiger partial charge on any atom is 0.0583 e. The fraction of sp³-hybridized carbons (Fsp3) is 0.273. The van der Waals surface area contributed by atoms with Crippen LogP contribution in [0.15, 0.2) is 12.1 Å². The van der Waals surface area contributed by atoms with Crippen LogP contribution < -0.4 is 5.73 Å². The summed E-state index contributed by atoms with van der Waals surface area (Å²) in [4.78, 5) is 0. The van der Waals surface area contributed by atoms with Crippen molar-refractivity contribution in [1.82, 2.24) is 0 Å². The van der Waals surface area contributed by atoms with Gasteiger partial charge >= 0.3 is 0 Å². The molecule has 0 atom stereocenters. The molecule has 14 heavy (non-hydrogen) atoms. The van der Waals surface area contributed by atoms with Gasteiger partial charge < -0.3 is 10.8 Å². The van der Waals surface area contributed by atoms with Crippen molar-refractivity contribution in [2.75, 3.05) is 12.3 Å². The average Bonchev–Trinajstić information content (AvgIpc) is 2.14. The molecule has 0 aromatic heterocycles. The third-order valence-corrected chi connectivity index (χ3v) is 2.13. The molecule has 1 rings (SSSR count). The fourth-order valence-corrected chi connectivity index (χ4v) is 1.23. The SMILES string of the molecule is Cc1cc(C#CCCO)c(Cl)cc1N. The summed E-state index contributed by atoms with van der Waals surface area (Å²) in [5.41, 5.74) is 8.06. The molecule has 1 aromatic carbocycles. The van der Waals surface area contributed by atoms with Gasteiger partial charge in [-0.2, -0.15) is 0 Å². The summed E-state index contributed by atoms with van der Waals surface area (Å²) >= 11 is 5.94. The molecule has 0 saturated heterocycles. The fourth-order valence-electron chi connectivity index (χ4n) is 1.01. The lowest BCUT2D eigenvalue weighted by atomic mass is 10.1. The van der Waals surface area contributed by atoms with Crippen LogP contribution in [0.25, 0.3) is 0 Å². The van der Waals surface area contributed by atoms with E-state index in [0.29, 0.717) is 17.1 Å². The molecule has 0 aliphatic carbocycles. The number of hydrogen-bond acceptors (Lipinski definition) is 2. The number of anilines is 1. The normalized spacial score (nSPS) is 9.36. The predicted molar refractivity (Wildman–Crippen MR) is 59.2 cm³/mol. The first-order valence-electron chi connectivity index (χ1n) is 4.30. The number of aryl methyl sites for hydroxylation is 1. The quantitative estimate of drug-likeness (QED) is 0.549. The van der Waals surface area contributed by atoms with Gasteiger partial charge in [0.2, 0.25) is 0 Å². The summed E-state index contributed by atoms with van der Waals surface area (Å²) in [6.45, 7) is 1.97. The first-order chi connectivity index (χ1) is 6.65. The van der Waals surface area contributed by atoms with Crippen molar-refractivity contribution in [2.45, 2.75) is 13.3 Å². The van der Waals surface area contributed by atoms with Gasteiger partial charge in [0.1, 0.15) is 0 Å². The Labute approximate surface area is 88.7 Å². The lowest BCUT2D eigenvalue weighted by Gasteiger charge is -2.02. The monoisotopic (exact) mass is 209 g/mol. The third kappa shape index (κ3) is 2.66. The van der Waals surface area contributed by atoms with Gasteiger partial charge in [0.25, 0.3) is 0 Å². The molecular weight excluding hydrogens is 198 g/mol. The molecular formula is C11H12ClNO. The van der Waals surface area contributed by atoms with Crippen molar-refractivity contribution in [2.24, 2.45) is 0 Å². The molecule has 0 fully saturated rings. The van der Waals surface area contributed by atoms with Crippen LogP contribution in [-0.2, 0) is 0 Å². The highest BCUT2D eigenvalue weighted by atomic mass is 35.5. The minimum absolute atomic E-state index is 0.0680. The molecule has 0 spiro atoms. The maximum absolute atomic E-state index is 8.56. The summed E-state index contributed by atoms with van der Waals surface area (Å²) < 4.78 is 0. The van der Waals surface area contributed by atoms with Crippen molar-refractivity contribution in [3.63, 3.8) is 0 Å². The smallest absolute Gasteiger partial charge is 0.0583 e. The van der Waals surface area contributed by atoms with Crippen molar-refractivity contribution in [3.8, 4) is 11.8 Å². The van der Waals surface area contributed by atoms with E-state index in [-0.39, 0.29) is 6.61 Å². The van der Waals surface area contributed by atoms with E-state index in [1.165, 1.54) is 0 Å². The van der Waals surface area contributed by atoms with Crippen molar-refractivity contribution < 1.29 is 5.11 Å². The van der Waals surface area contributed by atoms with E-state index in [1.54, 1.807) is 6.07 Å². The maximum atomic E-state index is 8.56. The number of nitrogen functional groups attached to an aromatic ring is 1. The Balaban J connectivity index is 3.00. The number of halogens is 1. The van der Waals surface area contributed by atoms with E-state index < -0.39 is 0 Å². The number of rotatable bonds is 1. The second-order valence-electron chi connectivity index (χ2n) is 2.96. The Morgan fingerprint density at radius 2 is 2.21 bits per heavy atom. The Hall–Kier alpha value is -1.17. The zero-order valence-corrected chi connectivity index (χ0v) is 8.73. The molecule has 0 radical (unpaired) electrons. The van der Waals surface area contributed by atoms with Crippen LogP contribution in [0, 0.1) is 18.8 Å². The summed E-state index contributed by atoms with van der Waals surface area (Å²) in [5.74, 6) is 5.70. The number of aliphatic hydroxyl groups is 1. The standard InChI is InChI=1S/C11H12ClNO/c1-8-6-9(4-2-3-5-14)10(12)7-11(8)13/h6-7,14H,3,5,13H2,1H3. The van der Waals surface area contributed by atoms with E-state index in [1.807, 2.05) is 13.0 Å². The third-order valence-electron chi connectivity index (χ3n) is 1.82. The average molecular weight is 210 g/mol. The van der Waals surface area contributed by atoms with Crippen molar-refractivity contribution >= 4 is 17.3 Å². The number of benzene rings is 1. The number of hydrogen-bond donors (Lipinski definition) is 2. The summed E-state index contributed by atoms with van der Waals surface area (Å²) in [7, 11) is 0. The summed E-state index contributed by atoms with van der Waals surface area (Å²) in [6, 6.07) is 3.54. The lowest BCUT2D eigenvalue weighted by molar-refractivity contribution is 0.305. The van der Waals surface area contributed by atoms with Gasteiger partial charge in [-0.3, -0.25) is 0 Å². The molecule has 3 heteroatoms.